The number of para-hydroxylation sites is 1. The maximum Gasteiger partial charge on any atom is 0.420 e. The highest BCUT2D eigenvalue weighted by Gasteiger charge is 2.30. The molecule has 146 valence electrons. The van der Waals surface area contributed by atoms with Crippen LogP contribution >= 0.6 is 24.2 Å². The lowest BCUT2D eigenvalue weighted by Crippen LogP contribution is -2.34. The lowest BCUT2D eigenvalue weighted by Gasteiger charge is -2.29. The first-order valence-electron chi connectivity index (χ1n) is 9.15. The van der Waals surface area contributed by atoms with Gasteiger partial charge in [0.15, 0.2) is 5.82 Å². The number of nitrogens with zero attached hydrogens (tertiary/aromatic N) is 3. The maximum absolute atomic E-state index is 12.9. The topological polar surface area (TPSA) is 45.7 Å². The molecule has 1 aliphatic rings. The van der Waals surface area contributed by atoms with E-state index in [2.05, 4.69) is 23.7 Å². The molecular formula is C20H26ClN3O2S. The van der Waals surface area contributed by atoms with Crippen LogP contribution in [-0.2, 0) is 4.74 Å². The van der Waals surface area contributed by atoms with Gasteiger partial charge in [-0.2, -0.15) is 0 Å². The minimum atomic E-state index is -0.370. The molecule has 2 heterocycles. The Bertz CT molecular complexity index is 708. The molecule has 0 bridgehead atoms. The van der Waals surface area contributed by atoms with Crippen LogP contribution in [-0.4, -0.2) is 42.2 Å². The molecule has 0 fully saturated rings. The number of rotatable bonds is 7. The summed E-state index contributed by atoms with van der Waals surface area (Å²) in [5.41, 5.74) is 0.827. The minimum Gasteiger partial charge on any atom is -0.448 e. The number of carbonyl (C=O) groups is 1. The van der Waals surface area contributed by atoms with Crippen LogP contribution in [0.1, 0.15) is 26.7 Å². The summed E-state index contributed by atoms with van der Waals surface area (Å²) < 4.78 is 5.61. The summed E-state index contributed by atoms with van der Waals surface area (Å²) in [4.78, 5) is 23.2. The van der Waals surface area contributed by atoms with Crippen molar-refractivity contribution >= 4 is 41.8 Å². The third-order valence-electron chi connectivity index (χ3n) is 4.18. The maximum atomic E-state index is 12.9. The number of benzene rings is 1. The second-order valence-electron chi connectivity index (χ2n) is 6.19. The van der Waals surface area contributed by atoms with Crippen LogP contribution in [0.15, 0.2) is 52.4 Å². The Hall–Kier alpha value is -1.76. The summed E-state index contributed by atoms with van der Waals surface area (Å²) in [5, 5.41) is 0. The zero-order valence-electron chi connectivity index (χ0n) is 15.8. The van der Waals surface area contributed by atoms with Crippen molar-refractivity contribution in [3.63, 3.8) is 0 Å². The molecule has 27 heavy (non-hydrogen) atoms. The van der Waals surface area contributed by atoms with Crippen molar-refractivity contribution in [2.45, 2.75) is 36.5 Å². The number of ether oxygens (including phenoxy) is 1. The van der Waals surface area contributed by atoms with E-state index in [0.29, 0.717) is 12.4 Å². The average molecular weight is 408 g/mol. The molecule has 0 saturated carbocycles. The molecule has 0 radical (unpaired) electrons. The molecular weight excluding hydrogens is 382 g/mol. The van der Waals surface area contributed by atoms with Crippen molar-refractivity contribution in [2.75, 3.05) is 31.1 Å². The summed E-state index contributed by atoms with van der Waals surface area (Å²) in [5.74, 6) is 0.639. The Labute approximate surface area is 171 Å². The van der Waals surface area contributed by atoms with Gasteiger partial charge in [-0.15, -0.1) is 12.4 Å². The minimum absolute atomic E-state index is 0. The monoisotopic (exact) mass is 407 g/mol. The van der Waals surface area contributed by atoms with Gasteiger partial charge in [0.2, 0.25) is 0 Å². The van der Waals surface area contributed by atoms with Gasteiger partial charge in [-0.05, 0) is 50.2 Å². The zero-order chi connectivity index (χ0) is 18.4. The van der Waals surface area contributed by atoms with Crippen LogP contribution in [0, 0.1) is 0 Å². The third-order valence-corrected chi connectivity index (χ3v) is 5.29. The number of hydrogen-bond donors (Lipinski definition) is 0. The van der Waals surface area contributed by atoms with E-state index in [9.17, 15) is 4.79 Å². The van der Waals surface area contributed by atoms with Crippen LogP contribution < -0.4 is 4.90 Å². The number of hydrogen-bond acceptors (Lipinski definition) is 5. The molecule has 1 aromatic carbocycles. The molecule has 7 heteroatoms. The standard InChI is InChI=1S/C20H25N3O2S.ClH/c1-3-12-22(13-4-2)14-15-25-20(24)23-16-8-5-6-9-17(16)26-18-10-7-11-21-19(18)23;/h5-11H,3-4,12-15H2,1-2H3;1H. The van der Waals surface area contributed by atoms with Crippen LogP contribution in [0.2, 0.25) is 0 Å². The highest BCUT2D eigenvalue weighted by atomic mass is 35.5. The van der Waals surface area contributed by atoms with Gasteiger partial charge in [0, 0.05) is 17.6 Å². The Balaban J connectivity index is 0.00000261. The highest BCUT2D eigenvalue weighted by molar-refractivity contribution is 7.99. The number of carbonyl (C=O) groups excluding carboxylic acids is 1. The van der Waals surface area contributed by atoms with Crippen LogP contribution in [0.25, 0.3) is 0 Å². The summed E-state index contributed by atoms with van der Waals surface area (Å²) in [7, 11) is 0. The number of halogens is 1. The van der Waals surface area contributed by atoms with Gasteiger partial charge < -0.3 is 4.74 Å². The van der Waals surface area contributed by atoms with E-state index in [-0.39, 0.29) is 18.5 Å². The van der Waals surface area contributed by atoms with E-state index >= 15 is 0 Å². The van der Waals surface area contributed by atoms with Crippen molar-refractivity contribution in [3.05, 3.63) is 42.6 Å². The van der Waals surface area contributed by atoms with Gasteiger partial charge in [0.1, 0.15) is 6.61 Å². The van der Waals surface area contributed by atoms with Crippen molar-refractivity contribution in [1.82, 2.24) is 9.88 Å². The lowest BCUT2D eigenvalue weighted by atomic mass is 10.2. The summed E-state index contributed by atoms with van der Waals surface area (Å²) >= 11 is 1.63. The second kappa shape index (κ2) is 10.5. The Morgan fingerprint density at radius 3 is 2.52 bits per heavy atom. The van der Waals surface area contributed by atoms with Crippen LogP contribution in [0.4, 0.5) is 16.3 Å². The summed E-state index contributed by atoms with van der Waals surface area (Å²) in [6, 6.07) is 11.7. The van der Waals surface area contributed by atoms with E-state index in [4.69, 9.17) is 4.74 Å². The first-order chi connectivity index (χ1) is 12.7. The van der Waals surface area contributed by atoms with Gasteiger partial charge in [-0.25, -0.2) is 14.7 Å². The molecule has 1 aliphatic heterocycles. The molecule has 0 spiro atoms. The SMILES string of the molecule is CCCN(CCC)CCOC(=O)N1c2ccccc2Sc2cccnc21.Cl. The van der Waals surface area contributed by atoms with Crippen LogP contribution in [0.3, 0.4) is 0 Å². The second-order valence-corrected chi connectivity index (χ2v) is 7.27. The van der Waals surface area contributed by atoms with E-state index in [0.717, 1.165) is 48.0 Å². The number of aromatic nitrogens is 1. The van der Waals surface area contributed by atoms with Gasteiger partial charge in [0.05, 0.1) is 10.6 Å². The largest absolute Gasteiger partial charge is 0.448 e. The Morgan fingerprint density at radius 1 is 1.07 bits per heavy atom. The number of anilines is 2. The fourth-order valence-electron chi connectivity index (χ4n) is 3.07. The first-order valence-corrected chi connectivity index (χ1v) is 9.97. The molecule has 0 unspecified atom stereocenters. The van der Waals surface area contributed by atoms with E-state index in [1.165, 1.54) is 0 Å². The molecule has 2 aromatic rings. The highest BCUT2D eigenvalue weighted by Crippen LogP contribution is 2.46. The summed E-state index contributed by atoms with van der Waals surface area (Å²) in [6.07, 6.45) is 3.53. The molecule has 0 atom stereocenters. The van der Waals surface area contributed by atoms with E-state index in [1.807, 2.05) is 36.4 Å². The Kier molecular flexibility index (Phi) is 8.41. The summed E-state index contributed by atoms with van der Waals surface area (Å²) in [6.45, 7) is 7.52. The molecule has 3 rings (SSSR count). The molecule has 0 aliphatic carbocycles. The quantitative estimate of drug-likeness (QED) is 0.617. The van der Waals surface area contributed by atoms with Crippen molar-refractivity contribution < 1.29 is 9.53 Å². The number of fused-ring (bicyclic) bond motifs is 2. The first kappa shape index (κ1) is 21.5. The smallest absolute Gasteiger partial charge is 0.420 e. The number of amides is 1. The Morgan fingerprint density at radius 2 is 1.78 bits per heavy atom. The fraction of sp³-hybridized carbons (Fsp3) is 0.400. The third kappa shape index (κ3) is 5.15. The van der Waals surface area contributed by atoms with Gasteiger partial charge in [0.25, 0.3) is 0 Å². The van der Waals surface area contributed by atoms with Gasteiger partial charge >= 0.3 is 6.09 Å². The average Bonchev–Trinajstić information content (AvgIpc) is 2.66. The molecule has 5 nitrogen and oxygen atoms in total. The predicted octanol–water partition coefficient (Wildman–Crippen LogP) is 5.36. The predicted molar refractivity (Wildman–Crippen MR) is 113 cm³/mol. The lowest BCUT2D eigenvalue weighted by molar-refractivity contribution is 0.135. The van der Waals surface area contributed by atoms with Crippen molar-refractivity contribution in [1.29, 1.82) is 0 Å². The zero-order valence-corrected chi connectivity index (χ0v) is 17.4. The van der Waals surface area contributed by atoms with Crippen molar-refractivity contribution in [3.8, 4) is 0 Å². The molecule has 1 amide bonds. The van der Waals surface area contributed by atoms with Gasteiger partial charge in [-0.1, -0.05) is 37.7 Å². The van der Waals surface area contributed by atoms with Crippen molar-refractivity contribution in [2.24, 2.45) is 0 Å². The molecule has 0 saturated heterocycles. The fourth-order valence-corrected chi connectivity index (χ4v) is 4.10. The number of pyridine rings is 1. The van der Waals surface area contributed by atoms with E-state index < -0.39 is 0 Å². The molecule has 1 aromatic heterocycles. The molecule has 0 N–H and O–H groups in total. The van der Waals surface area contributed by atoms with Crippen LogP contribution in [0.5, 0.6) is 0 Å². The van der Waals surface area contributed by atoms with E-state index in [1.54, 1.807) is 22.9 Å². The normalized spacial score (nSPS) is 12.2. The van der Waals surface area contributed by atoms with Gasteiger partial charge in [-0.3, -0.25) is 4.90 Å².